The third-order valence-electron chi connectivity index (χ3n) is 6.31. The number of amides is 1. The molecular formula is C26H27Cl2FN8O3. The molecule has 1 saturated heterocycles. The van der Waals surface area contributed by atoms with Crippen LogP contribution >= 0.6 is 23.2 Å². The molecule has 0 bridgehead atoms. The van der Waals surface area contributed by atoms with Gasteiger partial charge in [-0.25, -0.2) is 33.8 Å². The van der Waals surface area contributed by atoms with Gasteiger partial charge in [0.1, 0.15) is 33.9 Å². The number of anilines is 1. The molecule has 0 spiro atoms. The highest BCUT2D eigenvalue weighted by atomic mass is 35.5. The van der Waals surface area contributed by atoms with Gasteiger partial charge in [0.25, 0.3) is 5.56 Å². The summed E-state index contributed by atoms with van der Waals surface area (Å²) in [4.78, 5) is 45.5. The van der Waals surface area contributed by atoms with Crippen molar-refractivity contribution in [3.8, 4) is 0 Å². The van der Waals surface area contributed by atoms with E-state index in [1.54, 1.807) is 49.7 Å². The highest BCUT2D eigenvalue weighted by Gasteiger charge is 2.30. The molecule has 4 aromatic rings. The van der Waals surface area contributed by atoms with Crippen LogP contribution in [0.3, 0.4) is 0 Å². The second-order valence-electron chi connectivity index (χ2n) is 10.4. The average molecular weight is 589 g/mol. The van der Waals surface area contributed by atoms with E-state index in [1.165, 1.54) is 23.1 Å². The summed E-state index contributed by atoms with van der Waals surface area (Å²) < 4.78 is 21.8. The highest BCUT2D eigenvalue weighted by molar-refractivity contribution is 6.35. The fourth-order valence-electron chi connectivity index (χ4n) is 4.48. The van der Waals surface area contributed by atoms with Crippen LogP contribution in [-0.2, 0) is 4.74 Å². The van der Waals surface area contributed by atoms with Crippen LogP contribution in [0, 0.1) is 5.82 Å². The standard InChI is InChI=1S/C26H27Cl2FN8O3/c1-14(32-22-21-17(30-13-31-22)7-8-18(28)33-21)23-34-20-16(29)6-5-15(27)19(20)24(38)37(23)36-11-9-35(10-12-36)25(39)40-26(2,3)4/h5-8,13-14H,9-12H2,1-4H3,(H,30,31,32). The molecule has 40 heavy (non-hydrogen) atoms. The fraction of sp³-hybridized carbons (Fsp3) is 0.385. The fourth-order valence-corrected chi connectivity index (χ4v) is 4.86. The average Bonchev–Trinajstić information content (AvgIpc) is 2.90. The largest absolute Gasteiger partial charge is 0.444 e. The maximum absolute atomic E-state index is 14.9. The van der Waals surface area contributed by atoms with E-state index in [1.807, 2.05) is 0 Å². The van der Waals surface area contributed by atoms with E-state index in [-0.39, 0.29) is 26.9 Å². The lowest BCUT2D eigenvalue weighted by molar-refractivity contribution is 0.0231. The molecule has 1 aromatic carbocycles. The minimum atomic E-state index is -0.673. The van der Waals surface area contributed by atoms with Crippen molar-refractivity contribution in [2.24, 2.45) is 0 Å². The van der Waals surface area contributed by atoms with Gasteiger partial charge in [0.05, 0.1) is 35.1 Å². The Hall–Kier alpha value is -3.77. The summed E-state index contributed by atoms with van der Waals surface area (Å²) in [5, 5.41) is 5.30. The molecular weight excluding hydrogens is 562 g/mol. The zero-order valence-electron chi connectivity index (χ0n) is 22.3. The molecule has 1 fully saturated rings. The highest BCUT2D eigenvalue weighted by Crippen LogP contribution is 2.27. The van der Waals surface area contributed by atoms with E-state index in [2.05, 4.69) is 25.3 Å². The molecule has 1 atom stereocenters. The van der Waals surface area contributed by atoms with Gasteiger partial charge in [0.2, 0.25) is 0 Å². The van der Waals surface area contributed by atoms with E-state index >= 15 is 0 Å². The van der Waals surface area contributed by atoms with Crippen LogP contribution in [0.25, 0.3) is 21.9 Å². The second kappa shape index (κ2) is 10.7. The van der Waals surface area contributed by atoms with Crippen LogP contribution in [0.2, 0.25) is 10.2 Å². The number of ether oxygens (including phenoxy) is 1. The van der Waals surface area contributed by atoms with Crippen molar-refractivity contribution < 1.29 is 13.9 Å². The predicted molar refractivity (Wildman–Crippen MR) is 151 cm³/mol. The molecule has 210 valence electrons. The lowest BCUT2D eigenvalue weighted by Crippen LogP contribution is -2.57. The third kappa shape index (κ3) is 5.46. The first-order valence-corrected chi connectivity index (χ1v) is 13.4. The van der Waals surface area contributed by atoms with E-state index in [0.717, 1.165) is 0 Å². The third-order valence-corrected chi connectivity index (χ3v) is 6.83. The van der Waals surface area contributed by atoms with Gasteiger partial charge in [-0.05, 0) is 52.0 Å². The quantitative estimate of drug-likeness (QED) is 0.342. The smallest absolute Gasteiger partial charge is 0.410 e. The first kappa shape index (κ1) is 27.8. The number of hydrogen-bond donors (Lipinski definition) is 1. The number of hydrogen-bond acceptors (Lipinski definition) is 9. The summed E-state index contributed by atoms with van der Waals surface area (Å²) in [6.07, 6.45) is 0.946. The van der Waals surface area contributed by atoms with Gasteiger partial charge < -0.3 is 20.0 Å². The minimum Gasteiger partial charge on any atom is -0.444 e. The Labute approximate surface area is 238 Å². The molecule has 1 unspecified atom stereocenters. The van der Waals surface area contributed by atoms with Crippen molar-refractivity contribution in [1.82, 2.24) is 29.5 Å². The molecule has 1 aliphatic heterocycles. The Morgan fingerprint density at radius 3 is 2.48 bits per heavy atom. The summed E-state index contributed by atoms with van der Waals surface area (Å²) in [7, 11) is 0. The number of carbonyl (C=O) groups is 1. The summed E-state index contributed by atoms with van der Waals surface area (Å²) in [6, 6.07) is 5.19. The summed E-state index contributed by atoms with van der Waals surface area (Å²) in [6.45, 7) is 8.37. The van der Waals surface area contributed by atoms with Crippen molar-refractivity contribution in [2.45, 2.75) is 39.3 Å². The Bertz CT molecular complexity index is 1670. The molecule has 3 aromatic heterocycles. The van der Waals surface area contributed by atoms with Crippen molar-refractivity contribution in [2.75, 3.05) is 36.5 Å². The number of piperazine rings is 1. The van der Waals surface area contributed by atoms with Crippen molar-refractivity contribution >= 4 is 57.0 Å². The Balaban J connectivity index is 1.55. The predicted octanol–water partition coefficient (Wildman–Crippen LogP) is 4.54. The Kier molecular flexibility index (Phi) is 7.40. The minimum absolute atomic E-state index is 0.0341. The molecule has 1 N–H and O–H groups in total. The Morgan fingerprint density at radius 2 is 1.77 bits per heavy atom. The van der Waals surface area contributed by atoms with Gasteiger partial charge in [-0.2, -0.15) is 0 Å². The summed E-state index contributed by atoms with van der Waals surface area (Å²) in [5.41, 5.74) is -0.311. The first-order valence-electron chi connectivity index (χ1n) is 12.6. The number of fused-ring (bicyclic) bond motifs is 2. The number of halogens is 3. The van der Waals surface area contributed by atoms with E-state index in [9.17, 15) is 14.0 Å². The number of nitrogens with zero attached hydrogens (tertiary/aromatic N) is 7. The van der Waals surface area contributed by atoms with Gasteiger partial charge in [-0.3, -0.25) is 4.79 Å². The molecule has 1 aliphatic rings. The number of pyridine rings is 1. The normalized spacial score (nSPS) is 15.0. The maximum atomic E-state index is 14.9. The van der Waals surface area contributed by atoms with Gasteiger partial charge in [0, 0.05) is 13.1 Å². The van der Waals surface area contributed by atoms with Crippen molar-refractivity contribution in [1.29, 1.82) is 0 Å². The van der Waals surface area contributed by atoms with Crippen LogP contribution in [0.1, 0.15) is 39.6 Å². The zero-order chi connectivity index (χ0) is 28.8. The monoisotopic (exact) mass is 588 g/mol. The Morgan fingerprint density at radius 1 is 1.05 bits per heavy atom. The second-order valence-corrected chi connectivity index (χ2v) is 11.1. The summed E-state index contributed by atoms with van der Waals surface area (Å²) >= 11 is 12.5. The van der Waals surface area contributed by atoms with Crippen LogP contribution in [0.15, 0.2) is 35.4 Å². The SMILES string of the molecule is CC(Nc1ncnc2ccc(Cl)nc12)c1nc2c(F)ccc(Cl)c2c(=O)n1N1CCN(C(=O)OC(C)(C)C)CC1. The molecule has 4 heterocycles. The van der Waals surface area contributed by atoms with Crippen molar-refractivity contribution in [3.63, 3.8) is 0 Å². The van der Waals surface area contributed by atoms with Crippen LogP contribution in [-0.4, -0.2) is 67.4 Å². The van der Waals surface area contributed by atoms with Crippen LogP contribution in [0.5, 0.6) is 0 Å². The number of nitrogens with one attached hydrogen (secondary N) is 1. The molecule has 14 heteroatoms. The molecule has 0 radical (unpaired) electrons. The van der Waals surface area contributed by atoms with Gasteiger partial charge in [-0.1, -0.05) is 23.2 Å². The molecule has 0 saturated carbocycles. The summed E-state index contributed by atoms with van der Waals surface area (Å²) in [5.74, 6) is -0.0897. The van der Waals surface area contributed by atoms with Crippen molar-refractivity contribution in [3.05, 3.63) is 62.8 Å². The first-order chi connectivity index (χ1) is 18.9. The number of benzene rings is 1. The van der Waals surface area contributed by atoms with E-state index < -0.39 is 29.1 Å². The number of aromatic nitrogens is 5. The van der Waals surface area contributed by atoms with E-state index in [0.29, 0.717) is 43.0 Å². The van der Waals surface area contributed by atoms with Gasteiger partial charge >= 0.3 is 6.09 Å². The zero-order valence-corrected chi connectivity index (χ0v) is 23.8. The molecule has 1 amide bonds. The molecule has 11 nitrogen and oxygen atoms in total. The number of carbonyl (C=O) groups excluding carboxylic acids is 1. The van der Waals surface area contributed by atoms with Gasteiger partial charge in [0.15, 0.2) is 11.6 Å². The molecule has 0 aliphatic carbocycles. The number of rotatable bonds is 4. The topological polar surface area (TPSA) is 118 Å². The van der Waals surface area contributed by atoms with Gasteiger partial charge in [-0.15, -0.1) is 0 Å². The lowest BCUT2D eigenvalue weighted by atomic mass is 10.2. The lowest BCUT2D eigenvalue weighted by Gasteiger charge is -2.38. The van der Waals surface area contributed by atoms with Crippen LogP contribution in [0.4, 0.5) is 15.0 Å². The van der Waals surface area contributed by atoms with Crippen LogP contribution < -0.4 is 15.9 Å². The maximum Gasteiger partial charge on any atom is 0.410 e. The molecule has 5 rings (SSSR count). The van der Waals surface area contributed by atoms with E-state index in [4.69, 9.17) is 27.9 Å².